The number of fused-ring (bicyclic) bond motifs is 1. The van der Waals surface area contributed by atoms with Gasteiger partial charge in [0.25, 0.3) is 0 Å². The van der Waals surface area contributed by atoms with Gasteiger partial charge in [-0.3, -0.25) is 0 Å². The van der Waals surface area contributed by atoms with Gasteiger partial charge in [-0.15, -0.1) is 37.2 Å². The number of aromatic nitrogens is 4. The Bertz CT molecular complexity index is 597. The molecule has 0 aromatic carbocycles. The van der Waals surface area contributed by atoms with Gasteiger partial charge in [0.2, 0.25) is 5.28 Å². The largest absolute Gasteiger partial charge is 0.392 e. The Morgan fingerprint density at radius 3 is 2.83 bits per heavy atom. The van der Waals surface area contributed by atoms with E-state index in [2.05, 4.69) is 20.3 Å². The molecule has 10 heteroatoms. The number of hydrogen-bond donors (Lipinski definition) is 2. The molecule has 2 atom stereocenters. The zero-order valence-corrected chi connectivity index (χ0v) is 15.6. The Morgan fingerprint density at radius 2 is 2.09 bits per heavy atom. The molecule has 1 aliphatic rings. The van der Waals surface area contributed by atoms with Crippen LogP contribution in [0.2, 0.25) is 5.28 Å². The summed E-state index contributed by atoms with van der Waals surface area (Å²) in [5.74, 6) is 0. The van der Waals surface area contributed by atoms with Crippen LogP contribution in [-0.4, -0.2) is 43.3 Å². The molecule has 3 rings (SSSR count). The van der Waals surface area contributed by atoms with Crippen molar-refractivity contribution >= 4 is 60.0 Å². The molecule has 3 heterocycles. The molecule has 2 N–H and O–H groups in total. The third-order valence-electron chi connectivity index (χ3n) is 3.81. The third kappa shape index (κ3) is 5.59. The number of nitrogens with zero attached hydrogens (tertiary/aromatic N) is 4. The van der Waals surface area contributed by atoms with Crippen molar-refractivity contribution in [3.63, 3.8) is 0 Å². The van der Waals surface area contributed by atoms with Gasteiger partial charge in [-0.1, -0.05) is 0 Å². The van der Waals surface area contributed by atoms with E-state index >= 15 is 0 Å². The van der Waals surface area contributed by atoms with E-state index < -0.39 is 0 Å². The van der Waals surface area contributed by atoms with Crippen LogP contribution in [-0.2, 0) is 6.54 Å². The van der Waals surface area contributed by atoms with Gasteiger partial charge >= 0.3 is 0 Å². The maximum Gasteiger partial charge on any atom is 0.224 e. The molecule has 1 aliphatic heterocycles. The van der Waals surface area contributed by atoms with E-state index in [9.17, 15) is 5.11 Å². The van der Waals surface area contributed by atoms with Crippen LogP contribution in [0.4, 0.5) is 0 Å². The van der Waals surface area contributed by atoms with Crippen LogP contribution in [0.3, 0.4) is 0 Å². The number of rotatable bonds is 4. The summed E-state index contributed by atoms with van der Waals surface area (Å²) in [7, 11) is 0. The van der Waals surface area contributed by atoms with E-state index in [4.69, 9.17) is 11.6 Å². The van der Waals surface area contributed by atoms with Crippen LogP contribution in [0.15, 0.2) is 12.5 Å². The van der Waals surface area contributed by atoms with Crippen LogP contribution in [0.5, 0.6) is 0 Å². The maximum atomic E-state index is 9.91. The Kier molecular flexibility index (Phi) is 10.3. The first-order valence-corrected chi connectivity index (χ1v) is 7.36. The number of aryl methyl sites for hydroxylation is 1. The van der Waals surface area contributed by atoms with E-state index in [-0.39, 0.29) is 54.7 Å². The number of imidazole rings is 1. The van der Waals surface area contributed by atoms with E-state index in [1.54, 1.807) is 12.5 Å². The summed E-state index contributed by atoms with van der Waals surface area (Å²) < 4.78 is 2.03. The number of halogens is 4. The summed E-state index contributed by atoms with van der Waals surface area (Å²) in [5.41, 5.74) is 1.52. The Balaban J connectivity index is 0.00000161. The van der Waals surface area contributed by atoms with Gasteiger partial charge in [0.15, 0.2) is 5.65 Å². The molecule has 2 aromatic rings. The highest BCUT2D eigenvalue weighted by Gasteiger charge is 2.21. The van der Waals surface area contributed by atoms with Gasteiger partial charge in [0.1, 0.15) is 5.52 Å². The first-order chi connectivity index (χ1) is 9.74. The Morgan fingerprint density at radius 1 is 1.30 bits per heavy atom. The Labute approximate surface area is 158 Å². The lowest BCUT2D eigenvalue weighted by molar-refractivity contribution is 0.0909. The van der Waals surface area contributed by atoms with Crippen LogP contribution in [0.1, 0.15) is 25.7 Å². The molecule has 0 amide bonds. The quantitative estimate of drug-likeness (QED) is 0.766. The van der Waals surface area contributed by atoms with Crippen molar-refractivity contribution < 1.29 is 5.11 Å². The lowest BCUT2D eigenvalue weighted by Gasteiger charge is -2.28. The van der Waals surface area contributed by atoms with Gasteiger partial charge in [-0.2, -0.15) is 4.98 Å². The maximum absolute atomic E-state index is 9.91. The molecular weight excluding hydrogens is 384 g/mol. The van der Waals surface area contributed by atoms with Crippen LogP contribution in [0.25, 0.3) is 11.2 Å². The van der Waals surface area contributed by atoms with Crippen LogP contribution >= 0.6 is 48.8 Å². The fourth-order valence-corrected chi connectivity index (χ4v) is 2.85. The zero-order valence-electron chi connectivity index (χ0n) is 12.4. The van der Waals surface area contributed by atoms with Crippen LogP contribution < -0.4 is 5.32 Å². The monoisotopic (exact) mass is 403 g/mol. The lowest BCUT2D eigenvalue weighted by atomic mass is 9.97. The topological polar surface area (TPSA) is 75.9 Å². The fourth-order valence-electron chi connectivity index (χ4n) is 2.72. The van der Waals surface area contributed by atoms with Crippen molar-refractivity contribution in [2.45, 2.75) is 44.4 Å². The van der Waals surface area contributed by atoms with Gasteiger partial charge < -0.3 is 15.0 Å². The highest BCUT2D eigenvalue weighted by molar-refractivity contribution is 6.28. The number of aliphatic hydroxyl groups is 1. The molecule has 132 valence electrons. The predicted octanol–water partition coefficient (Wildman–Crippen LogP) is 2.64. The molecule has 0 spiro atoms. The molecule has 0 saturated carbocycles. The summed E-state index contributed by atoms with van der Waals surface area (Å²) in [5, 5.41) is 13.5. The molecule has 23 heavy (non-hydrogen) atoms. The molecule has 1 saturated heterocycles. The number of aliphatic hydroxyl groups excluding tert-OH is 1. The van der Waals surface area contributed by atoms with Crippen molar-refractivity contribution in [3.05, 3.63) is 17.8 Å². The summed E-state index contributed by atoms with van der Waals surface area (Å²) in [6.07, 6.45) is 7.13. The van der Waals surface area contributed by atoms with E-state index in [0.29, 0.717) is 5.65 Å². The highest BCUT2D eigenvalue weighted by atomic mass is 35.5. The fraction of sp³-hybridized carbons (Fsp3) is 0.615. The number of hydrogen-bond acceptors (Lipinski definition) is 5. The van der Waals surface area contributed by atoms with Crippen molar-refractivity contribution in [3.8, 4) is 0 Å². The highest BCUT2D eigenvalue weighted by Crippen LogP contribution is 2.16. The van der Waals surface area contributed by atoms with Gasteiger partial charge in [0.05, 0.1) is 18.6 Å². The molecule has 2 unspecified atom stereocenters. The second-order valence-electron chi connectivity index (χ2n) is 5.20. The summed E-state index contributed by atoms with van der Waals surface area (Å²) in [6.45, 7) is 1.84. The van der Waals surface area contributed by atoms with Gasteiger partial charge in [0, 0.05) is 12.6 Å². The molecule has 0 radical (unpaired) electrons. The molecule has 1 fully saturated rings. The minimum Gasteiger partial charge on any atom is -0.392 e. The van der Waals surface area contributed by atoms with E-state index in [1.165, 1.54) is 0 Å². The molecular formula is C13H21Cl4N5O. The Hall–Kier alpha value is -0.370. The first-order valence-electron chi connectivity index (χ1n) is 6.99. The smallest absolute Gasteiger partial charge is 0.224 e. The SMILES string of the molecule is Cl.Cl.Cl.OC1CCCNC1CCCn1cnc2nc(Cl)ncc21. The summed E-state index contributed by atoms with van der Waals surface area (Å²) in [4.78, 5) is 12.3. The summed E-state index contributed by atoms with van der Waals surface area (Å²) in [6, 6.07) is 0.212. The second-order valence-corrected chi connectivity index (χ2v) is 5.54. The average molecular weight is 405 g/mol. The molecule has 6 nitrogen and oxygen atoms in total. The molecule has 2 aromatic heterocycles. The van der Waals surface area contributed by atoms with Crippen molar-refractivity contribution in [1.29, 1.82) is 0 Å². The van der Waals surface area contributed by atoms with Crippen molar-refractivity contribution in [2.24, 2.45) is 0 Å². The average Bonchev–Trinajstić information content (AvgIpc) is 2.83. The number of nitrogens with one attached hydrogen (secondary N) is 1. The standard InChI is InChI=1S/C13H18ClN5O.3ClH/c14-13-16-7-10-12(18-13)17-8-19(10)6-2-3-9-11(20)4-1-5-15-9;;;/h7-9,11,15,20H,1-6H2;3*1H. The predicted molar refractivity (Wildman–Crippen MR) is 98.3 cm³/mol. The van der Waals surface area contributed by atoms with Gasteiger partial charge in [-0.05, 0) is 43.8 Å². The van der Waals surface area contributed by atoms with Crippen molar-refractivity contribution in [2.75, 3.05) is 6.54 Å². The van der Waals surface area contributed by atoms with Crippen molar-refractivity contribution in [1.82, 2.24) is 24.8 Å². The van der Waals surface area contributed by atoms with Gasteiger partial charge in [-0.25, -0.2) is 9.97 Å². The minimum atomic E-state index is -0.217. The van der Waals surface area contributed by atoms with E-state index in [0.717, 1.165) is 44.3 Å². The zero-order chi connectivity index (χ0) is 13.9. The normalized spacial score (nSPS) is 20.3. The minimum absolute atomic E-state index is 0. The first kappa shape index (κ1) is 22.6. The summed E-state index contributed by atoms with van der Waals surface area (Å²) >= 11 is 5.74. The lowest BCUT2D eigenvalue weighted by Crippen LogP contribution is -2.44. The van der Waals surface area contributed by atoms with Crippen LogP contribution in [0, 0.1) is 0 Å². The number of piperidine rings is 1. The molecule has 0 bridgehead atoms. The second kappa shape index (κ2) is 10.5. The molecule has 0 aliphatic carbocycles. The van der Waals surface area contributed by atoms with E-state index in [1.807, 2.05) is 4.57 Å². The third-order valence-corrected chi connectivity index (χ3v) is 3.99.